The van der Waals surface area contributed by atoms with Crippen molar-refractivity contribution < 1.29 is 0 Å². The standard InChI is InChI=1S/C9H12BrClN2/c1-6-4-7(9(2,3)5-10)13-8(11)12-6/h4H,5H2,1-3H3. The fourth-order valence-electron chi connectivity index (χ4n) is 0.947. The smallest absolute Gasteiger partial charge is 0.222 e. The number of aryl methyl sites for hydroxylation is 1. The normalized spacial score (nSPS) is 11.8. The molecular formula is C9H12BrClN2. The highest BCUT2D eigenvalue weighted by Gasteiger charge is 2.21. The molecule has 2 nitrogen and oxygen atoms in total. The van der Waals surface area contributed by atoms with E-state index < -0.39 is 0 Å². The molecule has 0 unspecified atom stereocenters. The molecule has 0 amide bonds. The van der Waals surface area contributed by atoms with E-state index in [0.29, 0.717) is 5.28 Å². The number of hydrogen-bond acceptors (Lipinski definition) is 2. The number of hydrogen-bond donors (Lipinski definition) is 0. The van der Waals surface area contributed by atoms with Gasteiger partial charge in [-0.3, -0.25) is 0 Å². The number of nitrogens with zero attached hydrogens (tertiary/aromatic N) is 2. The maximum absolute atomic E-state index is 5.78. The molecule has 0 aliphatic rings. The Morgan fingerprint density at radius 3 is 2.54 bits per heavy atom. The van der Waals surface area contributed by atoms with E-state index in [9.17, 15) is 0 Å². The Kier molecular flexibility index (Phi) is 3.30. The van der Waals surface area contributed by atoms with E-state index in [1.54, 1.807) is 0 Å². The minimum Gasteiger partial charge on any atom is -0.223 e. The molecule has 0 aromatic carbocycles. The zero-order chi connectivity index (χ0) is 10.1. The maximum atomic E-state index is 5.78. The fraction of sp³-hybridized carbons (Fsp3) is 0.556. The summed E-state index contributed by atoms with van der Waals surface area (Å²) in [5, 5.41) is 1.18. The molecule has 0 N–H and O–H groups in total. The third-order valence-corrected chi connectivity index (χ3v) is 3.43. The van der Waals surface area contributed by atoms with Gasteiger partial charge >= 0.3 is 0 Å². The Labute approximate surface area is 91.9 Å². The molecule has 0 saturated heterocycles. The van der Waals surface area contributed by atoms with Gasteiger partial charge < -0.3 is 0 Å². The molecule has 0 aliphatic carbocycles. The molecule has 0 bridgehead atoms. The molecule has 72 valence electrons. The molecule has 4 heteroatoms. The van der Waals surface area contributed by atoms with Gasteiger partial charge in [-0.2, -0.15) is 0 Å². The van der Waals surface area contributed by atoms with Gasteiger partial charge in [0.1, 0.15) is 0 Å². The lowest BCUT2D eigenvalue weighted by Crippen LogP contribution is -2.21. The lowest BCUT2D eigenvalue weighted by atomic mass is 9.91. The van der Waals surface area contributed by atoms with Crippen molar-refractivity contribution in [2.75, 3.05) is 5.33 Å². The molecule has 0 radical (unpaired) electrons. The van der Waals surface area contributed by atoms with Crippen LogP contribution in [-0.2, 0) is 5.41 Å². The van der Waals surface area contributed by atoms with Gasteiger partial charge in [0.05, 0.1) is 5.69 Å². The Hall–Kier alpha value is -0.150. The van der Waals surface area contributed by atoms with Crippen LogP contribution in [0.15, 0.2) is 6.07 Å². The fourth-order valence-corrected chi connectivity index (χ4v) is 1.46. The first-order valence-electron chi connectivity index (χ1n) is 4.03. The number of rotatable bonds is 2. The molecule has 1 aromatic heterocycles. The molecule has 1 heterocycles. The van der Waals surface area contributed by atoms with Gasteiger partial charge in [0.2, 0.25) is 5.28 Å². The van der Waals surface area contributed by atoms with E-state index in [1.165, 1.54) is 0 Å². The summed E-state index contributed by atoms with van der Waals surface area (Å²) in [5.41, 5.74) is 1.88. The second kappa shape index (κ2) is 3.93. The van der Waals surface area contributed by atoms with E-state index in [2.05, 4.69) is 39.7 Å². The van der Waals surface area contributed by atoms with E-state index in [1.807, 2.05) is 13.0 Å². The van der Waals surface area contributed by atoms with Crippen LogP contribution in [-0.4, -0.2) is 15.3 Å². The third kappa shape index (κ3) is 2.64. The first kappa shape index (κ1) is 10.9. The van der Waals surface area contributed by atoms with Crippen molar-refractivity contribution in [3.8, 4) is 0 Å². The van der Waals surface area contributed by atoms with Gasteiger partial charge in [0.25, 0.3) is 0 Å². The Morgan fingerprint density at radius 2 is 2.08 bits per heavy atom. The molecule has 13 heavy (non-hydrogen) atoms. The van der Waals surface area contributed by atoms with Crippen molar-refractivity contribution in [2.45, 2.75) is 26.2 Å². The highest BCUT2D eigenvalue weighted by molar-refractivity contribution is 9.09. The van der Waals surface area contributed by atoms with Crippen LogP contribution in [0.4, 0.5) is 0 Å². The van der Waals surface area contributed by atoms with Gasteiger partial charge in [-0.25, -0.2) is 9.97 Å². The average Bonchev–Trinajstić information content (AvgIpc) is 2.02. The zero-order valence-corrected chi connectivity index (χ0v) is 10.3. The molecule has 0 saturated carbocycles. The molecule has 1 rings (SSSR count). The monoisotopic (exact) mass is 262 g/mol. The van der Waals surface area contributed by atoms with Crippen LogP contribution in [0.3, 0.4) is 0 Å². The van der Waals surface area contributed by atoms with Crippen molar-refractivity contribution in [1.82, 2.24) is 9.97 Å². The summed E-state index contributed by atoms with van der Waals surface area (Å²) in [6.07, 6.45) is 0. The molecule has 0 atom stereocenters. The zero-order valence-electron chi connectivity index (χ0n) is 7.93. The lowest BCUT2D eigenvalue weighted by Gasteiger charge is -2.20. The quantitative estimate of drug-likeness (QED) is 0.605. The summed E-state index contributed by atoms with van der Waals surface area (Å²) < 4.78 is 0. The summed E-state index contributed by atoms with van der Waals surface area (Å²) in [6.45, 7) is 6.14. The number of aromatic nitrogens is 2. The van der Waals surface area contributed by atoms with Gasteiger partial charge in [-0.1, -0.05) is 29.8 Å². The second-order valence-electron chi connectivity index (χ2n) is 3.68. The number of alkyl halides is 1. The Morgan fingerprint density at radius 1 is 1.46 bits per heavy atom. The van der Waals surface area contributed by atoms with Gasteiger partial charge in [-0.15, -0.1) is 0 Å². The third-order valence-electron chi connectivity index (χ3n) is 1.85. The second-order valence-corrected chi connectivity index (χ2v) is 4.58. The van der Waals surface area contributed by atoms with Crippen molar-refractivity contribution >= 4 is 27.5 Å². The van der Waals surface area contributed by atoms with Crippen LogP contribution in [0.1, 0.15) is 25.2 Å². The summed E-state index contributed by atoms with van der Waals surface area (Å²) in [5.74, 6) is 0. The minimum atomic E-state index is -0.00264. The van der Waals surface area contributed by atoms with Gasteiger partial charge in [0, 0.05) is 16.4 Å². The van der Waals surface area contributed by atoms with Crippen molar-refractivity contribution in [3.05, 3.63) is 22.7 Å². The highest BCUT2D eigenvalue weighted by atomic mass is 79.9. The van der Waals surface area contributed by atoms with Crippen LogP contribution in [0, 0.1) is 6.92 Å². The molecule has 0 aliphatic heterocycles. The minimum absolute atomic E-state index is 0.00264. The largest absolute Gasteiger partial charge is 0.223 e. The van der Waals surface area contributed by atoms with Gasteiger partial charge in [-0.05, 0) is 24.6 Å². The first-order valence-corrected chi connectivity index (χ1v) is 5.53. The predicted octanol–water partition coefficient (Wildman–Crippen LogP) is 3.11. The van der Waals surface area contributed by atoms with E-state index in [4.69, 9.17) is 11.6 Å². The topological polar surface area (TPSA) is 25.8 Å². The Bertz CT molecular complexity index is 292. The molecule has 0 spiro atoms. The van der Waals surface area contributed by atoms with E-state index in [-0.39, 0.29) is 5.41 Å². The van der Waals surface area contributed by atoms with Crippen LogP contribution >= 0.6 is 27.5 Å². The summed E-state index contributed by atoms with van der Waals surface area (Å²) >= 11 is 9.23. The summed E-state index contributed by atoms with van der Waals surface area (Å²) in [4.78, 5) is 8.22. The molecule has 1 aromatic rings. The van der Waals surface area contributed by atoms with E-state index in [0.717, 1.165) is 16.7 Å². The highest BCUT2D eigenvalue weighted by Crippen LogP contribution is 2.24. The Balaban J connectivity index is 3.15. The number of halogens is 2. The SMILES string of the molecule is Cc1cc(C(C)(C)CBr)nc(Cl)n1. The predicted molar refractivity (Wildman–Crippen MR) is 58.6 cm³/mol. The summed E-state index contributed by atoms with van der Waals surface area (Å²) in [6, 6.07) is 1.97. The van der Waals surface area contributed by atoms with Crippen LogP contribution in [0.5, 0.6) is 0 Å². The van der Waals surface area contributed by atoms with Crippen molar-refractivity contribution in [1.29, 1.82) is 0 Å². The molecular weight excluding hydrogens is 251 g/mol. The average molecular weight is 264 g/mol. The van der Waals surface area contributed by atoms with Crippen LogP contribution in [0.2, 0.25) is 5.28 Å². The maximum Gasteiger partial charge on any atom is 0.222 e. The van der Waals surface area contributed by atoms with Gasteiger partial charge in [0.15, 0.2) is 0 Å². The first-order chi connectivity index (χ1) is 5.95. The van der Waals surface area contributed by atoms with E-state index >= 15 is 0 Å². The lowest BCUT2D eigenvalue weighted by molar-refractivity contribution is 0.581. The van der Waals surface area contributed by atoms with Crippen molar-refractivity contribution in [2.24, 2.45) is 0 Å². The van der Waals surface area contributed by atoms with Crippen LogP contribution in [0.25, 0.3) is 0 Å². The molecule has 0 fully saturated rings. The van der Waals surface area contributed by atoms with Crippen molar-refractivity contribution in [3.63, 3.8) is 0 Å². The summed E-state index contributed by atoms with van der Waals surface area (Å²) in [7, 11) is 0. The van der Waals surface area contributed by atoms with Crippen LogP contribution < -0.4 is 0 Å².